The molecule has 1 heterocycles. The summed E-state index contributed by atoms with van der Waals surface area (Å²) in [6, 6.07) is 6.18. The summed E-state index contributed by atoms with van der Waals surface area (Å²) < 4.78 is 6.51. The first kappa shape index (κ1) is 13.4. The Hall–Kier alpha value is -1.07. The van der Waals surface area contributed by atoms with E-state index in [1.165, 1.54) is 5.56 Å². The summed E-state index contributed by atoms with van der Waals surface area (Å²) in [7, 11) is 0. The van der Waals surface area contributed by atoms with E-state index in [2.05, 4.69) is 39.0 Å². The summed E-state index contributed by atoms with van der Waals surface area (Å²) >= 11 is 3.55. The molecule has 4 nitrogen and oxygen atoms in total. The Labute approximate surface area is 115 Å². The van der Waals surface area contributed by atoms with E-state index in [1.807, 2.05) is 6.92 Å². The van der Waals surface area contributed by atoms with Crippen LogP contribution in [0, 0.1) is 6.92 Å². The first-order valence-corrected chi connectivity index (χ1v) is 6.70. The monoisotopic (exact) mass is 313 g/mol. The maximum Gasteiger partial charge on any atom is 0.306 e. The van der Waals surface area contributed by atoms with Crippen LogP contribution in [0.15, 0.2) is 22.7 Å². The second-order valence-electron chi connectivity index (χ2n) is 4.49. The van der Waals surface area contributed by atoms with Crippen molar-refractivity contribution in [3.8, 4) is 0 Å². The second kappa shape index (κ2) is 5.71. The number of benzene rings is 1. The minimum Gasteiger partial charge on any atom is -0.481 e. The van der Waals surface area contributed by atoms with Crippen molar-refractivity contribution in [2.75, 3.05) is 24.6 Å². The minimum absolute atomic E-state index is 0.0555. The molecule has 2 rings (SSSR count). The standard InChI is InChI=1S/C13H16BrNO3/c1-9-2-3-12(11(14)6-9)15-4-5-18-10(8-15)7-13(16)17/h2-3,6,10H,4-5,7-8H2,1H3,(H,16,17). The van der Waals surface area contributed by atoms with Gasteiger partial charge in [0.15, 0.2) is 0 Å². The minimum atomic E-state index is -0.815. The highest BCUT2D eigenvalue weighted by Crippen LogP contribution is 2.28. The molecular weight excluding hydrogens is 298 g/mol. The number of carbonyl (C=O) groups is 1. The fraction of sp³-hybridized carbons (Fsp3) is 0.462. The van der Waals surface area contributed by atoms with E-state index >= 15 is 0 Å². The van der Waals surface area contributed by atoms with Crippen LogP contribution < -0.4 is 4.90 Å². The van der Waals surface area contributed by atoms with Crippen LogP contribution in [0.3, 0.4) is 0 Å². The van der Waals surface area contributed by atoms with Gasteiger partial charge in [0.25, 0.3) is 0 Å². The van der Waals surface area contributed by atoms with Crippen LogP contribution >= 0.6 is 15.9 Å². The summed E-state index contributed by atoms with van der Waals surface area (Å²) in [6.07, 6.45) is -0.176. The third-order valence-electron chi connectivity index (χ3n) is 2.98. The summed E-state index contributed by atoms with van der Waals surface area (Å²) in [5, 5.41) is 8.81. The van der Waals surface area contributed by atoms with Crippen LogP contribution in [0.25, 0.3) is 0 Å². The number of rotatable bonds is 3. The van der Waals surface area contributed by atoms with Gasteiger partial charge < -0.3 is 14.7 Å². The molecule has 0 amide bonds. The zero-order chi connectivity index (χ0) is 13.1. The van der Waals surface area contributed by atoms with Crippen LogP contribution in [-0.2, 0) is 9.53 Å². The molecule has 1 saturated heterocycles. The Bertz CT molecular complexity index is 450. The molecule has 0 saturated carbocycles. The van der Waals surface area contributed by atoms with Crippen molar-refractivity contribution in [1.82, 2.24) is 0 Å². The number of halogens is 1. The van der Waals surface area contributed by atoms with Gasteiger partial charge in [0.2, 0.25) is 0 Å². The summed E-state index contributed by atoms with van der Waals surface area (Å²) in [5.41, 5.74) is 2.29. The lowest BCUT2D eigenvalue weighted by molar-refractivity contribution is -0.140. The number of nitrogens with zero attached hydrogens (tertiary/aromatic N) is 1. The van der Waals surface area contributed by atoms with Gasteiger partial charge in [-0.05, 0) is 40.5 Å². The van der Waals surface area contributed by atoms with E-state index in [1.54, 1.807) is 0 Å². The molecule has 1 aromatic carbocycles. The molecule has 0 aromatic heterocycles. The number of ether oxygens (including phenoxy) is 1. The number of carboxylic acid groups (broad SMARTS) is 1. The van der Waals surface area contributed by atoms with Gasteiger partial charge in [-0.3, -0.25) is 4.79 Å². The van der Waals surface area contributed by atoms with E-state index < -0.39 is 5.97 Å². The molecule has 1 aliphatic rings. The molecule has 0 bridgehead atoms. The van der Waals surface area contributed by atoms with Crippen molar-refractivity contribution < 1.29 is 14.6 Å². The molecule has 98 valence electrons. The third-order valence-corrected chi connectivity index (χ3v) is 3.62. The number of aryl methyl sites for hydroxylation is 1. The highest BCUT2D eigenvalue weighted by molar-refractivity contribution is 9.10. The van der Waals surface area contributed by atoms with E-state index in [-0.39, 0.29) is 12.5 Å². The Balaban J connectivity index is 2.10. The van der Waals surface area contributed by atoms with Gasteiger partial charge in [-0.25, -0.2) is 0 Å². The van der Waals surface area contributed by atoms with Gasteiger partial charge in [-0.2, -0.15) is 0 Å². The Morgan fingerprint density at radius 3 is 3.06 bits per heavy atom. The van der Waals surface area contributed by atoms with Gasteiger partial charge in [0.1, 0.15) is 0 Å². The summed E-state index contributed by atoms with van der Waals surface area (Å²) in [4.78, 5) is 12.9. The molecule has 1 atom stereocenters. The lowest BCUT2D eigenvalue weighted by atomic mass is 10.1. The lowest BCUT2D eigenvalue weighted by Gasteiger charge is -2.34. The molecule has 1 aromatic rings. The van der Waals surface area contributed by atoms with Crippen molar-refractivity contribution in [2.45, 2.75) is 19.4 Å². The van der Waals surface area contributed by atoms with Crippen LogP contribution in [0.4, 0.5) is 5.69 Å². The fourth-order valence-corrected chi connectivity index (χ4v) is 2.87. The molecule has 0 spiro atoms. The molecule has 18 heavy (non-hydrogen) atoms. The van der Waals surface area contributed by atoms with Crippen LogP contribution in [0.5, 0.6) is 0 Å². The summed E-state index contributed by atoms with van der Waals surface area (Å²) in [5.74, 6) is -0.815. The predicted octanol–water partition coefficient (Wildman–Crippen LogP) is 2.44. The highest BCUT2D eigenvalue weighted by atomic mass is 79.9. The topological polar surface area (TPSA) is 49.8 Å². The normalized spacial score (nSPS) is 19.9. The number of aliphatic carboxylic acids is 1. The largest absolute Gasteiger partial charge is 0.481 e. The van der Waals surface area contributed by atoms with Crippen LogP contribution in [-0.4, -0.2) is 36.9 Å². The van der Waals surface area contributed by atoms with Crippen molar-refractivity contribution in [1.29, 1.82) is 0 Å². The Kier molecular flexibility index (Phi) is 4.24. The van der Waals surface area contributed by atoms with Crippen molar-refractivity contribution in [3.05, 3.63) is 28.2 Å². The molecule has 0 radical (unpaired) electrons. The SMILES string of the molecule is Cc1ccc(N2CCOC(CC(=O)O)C2)c(Br)c1. The van der Waals surface area contributed by atoms with Crippen LogP contribution in [0.2, 0.25) is 0 Å². The average Bonchev–Trinajstić information content (AvgIpc) is 2.28. The third kappa shape index (κ3) is 3.23. The maximum atomic E-state index is 10.7. The van der Waals surface area contributed by atoms with Crippen LogP contribution in [0.1, 0.15) is 12.0 Å². The zero-order valence-corrected chi connectivity index (χ0v) is 11.8. The number of anilines is 1. The summed E-state index contributed by atoms with van der Waals surface area (Å²) in [6.45, 7) is 4.02. The van der Waals surface area contributed by atoms with Gasteiger partial charge in [0.05, 0.1) is 24.8 Å². The number of carboxylic acids is 1. The van der Waals surface area contributed by atoms with Gasteiger partial charge in [-0.1, -0.05) is 6.07 Å². The molecule has 1 fully saturated rings. The number of morpholine rings is 1. The van der Waals surface area contributed by atoms with E-state index in [0.29, 0.717) is 13.2 Å². The molecule has 0 aliphatic carbocycles. The first-order chi connectivity index (χ1) is 8.56. The molecule has 1 N–H and O–H groups in total. The van der Waals surface area contributed by atoms with Gasteiger partial charge >= 0.3 is 5.97 Å². The molecule has 1 unspecified atom stereocenters. The number of hydrogen-bond donors (Lipinski definition) is 1. The first-order valence-electron chi connectivity index (χ1n) is 5.91. The van der Waals surface area contributed by atoms with E-state index in [4.69, 9.17) is 9.84 Å². The predicted molar refractivity (Wildman–Crippen MR) is 73.1 cm³/mol. The van der Waals surface area contributed by atoms with E-state index in [0.717, 1.165) is 16.7 Å². The van der Waals surface area contributed by atoms with Crippen molar-refractivity contribution in [2.24, 2.45) is 0 Å². The average molecular weight is 314 g/mol. The Morgan fingerprint density at radius 2 is 2.39 bits per heavy atom. The zero-order valence-electron chi connectivity index (χ0n) is 10.2. The van der Waals surface area contributed by atoms with E-state index in [9.17, 15) is 4.79 Å². The second-order valence-corrected chi connectivity index (χ2v) is 5.35. The highest BCUT2D eigenvalue weighted by Gasteiger charge is 2.23. The quantitative estimate of drug-likeness (QED) is 0.931. The smallest absolute Gasteiger partial charge is 0.306 e. The fourth-order valence-electron chi connectivity index (χ4n) is 2.12. The lowest BCUT2D eigenvalue weighted by Crippen LogP contribution is -2.43. The molecular formula is C13H16BrNO3. The van der Waals surface area contributed by atoms with Crippen molar-refractivity contribution in [3.63, 3.8) is 0 Å². The molecule has 5 heteroatoms. The Morgan fingerprint density at radius 1 is 1.61 bits per heavy atom. The van der Waals surface area contributed by atoms with Gasteiger partial charge in [0, 0.05) is 17.6 Å². The van der Waals surface area contributed by atoms with Gasteiger partial charge in [-0.15, -0.1) is 0 Å². The van der Waals surface area contributed by atoms with Crippen molar-refractivity contribution >= 4 is 27.6 Å². The molecule has 1 aliphatic heterocycles. The number of hydrogen-bond acceptors (Lipinski definition) is 3. The maximum absolute atomic E-state index is 10.7.